The second kappa shape index (κ2) is 4.98. The molecule has 0 radical (unpaired) electrons. The molecule has 8 heteroatoms. The molecule has 3 aromatic heterocycles. The quantitative estimate of drug-likeness (QED) is 0.763. The van der Waals surface area contributed by atoms with Crippen LogP contribution in [0.25, 0.3) is 17.0 Å². The number of aryl methyl sites for hydroxylation is 1. The van der Waals surface area contributed by atoms with Gasteiger partial charge in [-0.25, -0.2) is 9.78 Å². The van der Waals surface area contributed by atoms with Crippen LogP contribution in [0.3, 0.4) is 0 Å². The molecule has 0 aliphatic rings. The fraction of sp³-hybridized carbons (Fsp3) is 0.231. The van der Waals surface area contributed by atoms with Crippen molar-refractivity contribution in [2.24, 2.45) is 0 Å². The summed E-state index contributed by atoms with van der Waals surface area (Å²) in [6, 6.07) is 2.93. The molecule has 108 valence electrons. The highest BCUT2D eigenvalue weighted by Crippen LogP contribution is 2.26. The summed E-state index contributed by atoms with van der Waals surface area (Å²) >= 11 is 0. The van der Waals surface area contributed by atoms with Crippen molar-refractivity contribution in [2.45, 2.75) is 13.5 Å². The third kappa shape index (κ3) is 2.25. The lowest BCUT2D eigenvalue weighted by molar-refractivity contribution is 0.178. The molecule has 8 nitrogen and oxygen atoms in total. The van der Waals surface area contributed by atoms with Crippen molar-refractivity contribution in [2.75, 3.05) is 7.11 Å². The van der Waals surface area contributed by atoms with E-state index in [-0.39, 0.29) is 17.9 Å². The lowest BCUT2D eigenvalue weighted by Gasteiger charge is -2.05. The zero-order valence-electron chi connectivity index (χ0n) is 11.4. The summed E-state index contributed by atoms with van der Waals surface area (Å²) in [5, 5.41) is 14.2. The van der Waals surface area contributed by atoms with Gasteiger partial charge in [-0.05, 0) is 13.0 Å². The first-order valence-corrected chi connectivity index (χ1v) is 6.14. The molecule has 0 aromatic carbocycles. The Kier molecular flexibility index (Phi) is 3.15. The highest BCUT2D eigenvalue weighted by atomic mass is 16.5. The Bertz CT molecular complexity index is 868. The van der Waals surface area contributed by atoms with E-state index in [1.165, 1.54) is 23.9 Å². The topological polar surface area (TPSA) is 103 Å². The minimum Gasteiger partial charge on any atom is -0.507 e. The van der Waals surface area contributed by atoms with Gasteiger partial charge < -0.3 is 14.3 Å². The first kappa shape index (κ1) is 13.3. The number of fused-ring (bicyclic) bond motifs is 1. The summed E-state index contributed by atoms with van der Waals surface area (Å²) in [7, 11) is 1.53. The maximum atomic E-state index is 12.0. The summed E-state index contributed by atoms with van der Waals surface area (Å²) in [5.41, 5.74) is -0.285. The van der Waals surface area contributed by atoms with Gasteiger partial charge in [0.1, 0.15) is 23.7 Å². The summed E-state index contributed by atoms with van der Waals surface area (Å²) in [5.74, 6) is 0.873. The Balaban J connectivity index is 2.28. The molecule has 0 atom stereocenters. The molecule has 3 rings (SSSR count). The van der Waals surface area contributed by atoms with E-state index < -0.39 is 5.63 Å². The van der Waals surface area contributed by atoms with E-state index >= 15 is 0 Å². The van der Waals surface area contributed by atoms with Gasteiger partial charge in [0.25, 0.3) is 5.78 Å². The van der Waals surface area contributed by atoms with Crippen LogP contribution in [-0.2, 0) is 11.3 Å². The molecule has 0 aliphatic heterocycles. The second-order valence-corrected chi connectivity index (χ2v) is 4.41. The number of rotatable bonds is 3. The molecular formula is C13H12N4O4. The molecule has 3 aromatic rings. The van der Waals surface area contributed by atoms with Crippen molar-refractivity contribution in [1.29, 1.82) is 0 Å². The average Bonchev–Trinajstić information content (AvgIpc) is 2.81. The van der Waals surface area contributed by atoms with E-state index in [0.717, 1.165) is 0 Å². The maximum absolute atomic E-state index is 12.0. The first-order chi connectivity index (χ1) is 10.1. The van der Waals surface area contributed by atoms with Crippen LogP contribution in [0.15, 0.2) is 27.5 Å². The zero-order valence-corrected chi connectivity index (χ0v) is 11.4. The number of hydrogen-bond acceptors (Lipinski definition) is 7. The van der Waals surface area contributed by atoms with Crippen molar-refractivity contribution >= 4 is 5.78 Å². The molecule has 0 bridgehead atoms. The predicted molar refractivity (Wildman–Crippen MR) is 71.9 cm³/mol. The molecule has 21 heavy (non-hydrogen) atoms. The van der Waals surface area contributed by atoms with Crippen LogP contribution in [0, 0.1) is 6.92 Å². The SMILES string of the molecule is COCc1nc2nccc(-c3c(O)cc(C)oc3=O)n2n1. The van der Waals surface area contributed by atoms with Gasteiger partial charge in [0.2, 0.25) is 0 Å². The van der Waals surface area contributed by atoms with E-state index in [0.29, 0.717) is 23.1 Å². The minimum absolute atomic E-state index is 0.0156. The van der Waals surface area contributed by atoms with Crippen LogP contribution in [0.5, 0.6) is 5.75 Å². The van der Waals surface area contributed by atoms with E-state index in [9.17, 15) is 9.90 Å². The zero-order chi connectivity index (χ0) is 15.0. The lowest BCUT2D eigenvalue weighted by Crippen LogP contribution is -2.08. The molecule has 0 amide bonds. The van der Waals surface area contributed by atoms with Gasteiger partial charge in [0, 0.05) is 19.4 Å². The number of aromatic hydroxyl groups is 1. The van der Waals surface area contributed by atoms with E-state index in [1.54, 1.807) is 13.0 Å². The highest BCUT2D eigenvalue weighted by molar-refractivity contribution is 5.66. The normalized spacial score (nSPS) is 11.1. The van der Waals surface area contributed by atoms with Crippen LogP contribution < -0.4 is 5.63 Å². The fourth-order valence-electron chi connectivity index (χ4n) is 2.05. The first-order valence-electron chi connectivity index (χ1n) is 6.14. The van der Waals surface area contributed by atoms with Gasteiger partial charge in [0.15, 0.2) is 5.82 Å². The van der Waals surface area contributed by atoms with Gasteiger partial charge >= 0.3 is 5.63 Å². The average molecular weight is 288 g/mol. The van der Waals surface area contributed by atoms with Gasteiger partial charge in [-0.3, -0.25) is 0 Å². The predicted octanol–water partition coefficient (Wildman–Crippen LogP) is 0.905. The van der Waals surface area contributed by atoms with Gasteiger partial charge in [0.05, 0.1) is 5.69 Å². The summed E-state index contributed by atoms with van der Waals surface area (Å²) in [4.78, 5) is 20.2. The van der Waals surface area contributed by atoms with Gasteiger partial charge in [-0.2, -0.15) is 9.50 Å². The number of hydrogen-bond donors (Lipinski definition) is 1. The number of ether oxygens (including phenoxy) is 1. The van der Waals surface area contributed by atoms with Crippen molar-refractivity contribution in [1.82, 2.24) is 19.6 Å². The molecule has 0 unspecified atom stereocenters. The lowest BCUT2D eigenvalue weighted by atomic mass is 10.2. The van der Waals surface area contributed by atoms with Crippen molar-refractivity contribution < 1.29 is 14.3 Å². The molecular weight excluding hydrogens is 276 g/mol. The smallest absolute Gasteiger partial charge is 0.349 e. The molecule has 1 N–H and O–H groups in total. The standard InChI is InChI=1S/C13H12N4O4/c1-7-5-9(18)11(12(19)21-7)8-3-4-14-13-15-10(6-20-2)16-17(8)13/h3-5,18H,6H2,1-2H3. The molecule has 0 saturated carbocycles. The Morgan fingerprint density at radius 2 is 2.29 bits per heavy atom. The van der Waals surface area contributed by atoms with E-state index in [4.69, 9.17) is 9.15 Å². The Morgan fingerprint density at radius 3 is 3.00 bits per heavy atom. The molecule has 0 fully saturated rings. The molecule has 0 spiro atoms. The number of nitrogens with zero attached hydrogens (tertiary/aromatic N) is 4. The number of methoxy groups -OCH3 is 1. The van der Waals surface area contributed by atoms with Crippen molar-refractivity contribution in [3.05, 3.63) is 40.3 Å². The highest BCUT2D eigenvalue weighted by Gasteiger charge is 2.17. The van der Waals surface area contributed by atoms with Crippen molar-refractivity contribution in [3.63, 3.8) is 0 Å². The van der Waals surface area contributed by atoms with E-state index in [2.05, 4.69) is 15.1 Å². The van der Waals surface area contributed by atoms with E-state index in [1.807, 2.05) is 0 Å². The summed E-state index contributed by atoms with van der Waals surface area (Å²) in [6.45, 7) is 1.80. The van der Waals surface area contributed by atoms with Gasteiger partial charge in [-0.1, -0.05) is 0 Å². The summed E-state index contributed by atoms with van der Waals surface area (Å²) in [6.07, 6.45) is 1.48. The Hall–Kier alpha value is -2.74. The van der Waals surface area contributed by atoms with Crippen LogP contribution in [0.1, 0.15) is 11.6 Å². The third-order valence-electron chi connectivity index (χ3n) is 2.87. The number of aromatic nitrogens is 4. The van der Waals surface area contributed by atoms with Crippen LogP contribution in [0.2, 0.25) is 0 Å². The van der Waals surface area contributed by atoms with Crippen LogP contribution >= 0.6 is 0 Å². The third-order valence-corrected chi connectivity index (χ3v) is 2.87. The van der Waals surface area contributed by atoms with Crippen LogP contribution in [-0.4, -0.2) is 31.8 Å². The summed E-state index contributed by atoms with van der Waals surface area (Å²) < 4.78 is 11.4. The second-order valence-electron chi connectivity index (χ2n) is 4.41. The molecule has 0 saturated heterocycles. The van der Waals surface area contributed by atoms with Crippen LogP contribution in [0.4, 0.5) is 0 Å². The maximum Gasteiger partial charge on any atom is 0.349 e. The molecule has 3 heterocycles. The van der Waals surface area contributed by atoms with Gasteiger partial charge in [-0.15, -0.1) is 5.10 Å². The molecule has 0 aliphatic carbocycles. The Labute approximate surface area is 118 Å². The largest absolute Gasteiger partial charge is 0.507 e. The Morgan fingerprint density at radius 1 is 1.48 bits per heavy atom. The minimum atomic E-state index is -0.649. The monoisotopic (exact) mass is 288 g/mol. The van der Waals surface area contributed by atoms with Crippen molar-refractivity contribution in [3.8, 4) is 17.0 Å². The fourth-order valence-corrected chi connectivity index (χ4v) is 2.05.